The van der Waals surface area contributed by atoms with E-state index in [9.17, 15) is 0 Å². The molecule has 1 aromatic rings. The van der Waals surface area contributed by atoms with Gasteiger partial charge in [-0.1, -0.05) is 20.3 Å². The SMILES string of the molecule is CCCC1CC(NC(C)c2ncc(CC)s2)CCO1. The molecule has 4 heteroatoms. The molecule has 2 heterocycles. The summed E-state index contributed by atoms with van der Waals surface area (Å²) in [7, 11) is 0. The first kappa shape index (κ1) is 14.9. The van der Waals surface area contributed by atoms with E-state index in [0.717, 1.165) is 25.9 Å². The third-order valence-electron chi connectivity index (χ3n) is 3.75. The molecule has 0 amide bonds. The second-order valence-electron chi connectivity index (χ2n) is 5.41. The van der Waals surface area contributed by atoms with Crippen molar-refractivity contribution in [2.75, 3.05) is 6.61 Å². The first-order chi connectivity index (χ1) is 9.22. The summed E-state index contributed by atoms with van der Waals surface area (Å²) in [4.78, 5) is 5.91. The molecule has 3 nitrogen and oxygen atoms in total. The van der Waals surface area contributed by atoms with Crippen LogP contribution in [0, 0.1) is 0 Å². The minimum atomic E-state index is 0.357. The van der Waals surface area contributed by atoms with Crippen molar-refractivity contribution in [2.24, 2.45) is 0 Å². The van der Waals surface area contributed by atoms with Gasteiger partial charge in [0.25, 0.3) is 0 Å². The number of rotatable bonds is 6. The molecule has 1 aliphatic heterocycles. The fraction of sp³-hybridized carbons (Fsp3) is 0.800. The quantitative estimate of drug-likeness (QED) is 0.864. The van der Waals surface area contributed by atoms with Gasteiger partial charge in [-0.25, -0.2) is 4.98 Å². The van der Waals surface area contributed by atoms with Gasteiger partial charge >= 0.3 is 0 Å². The monoisotopic (exact) mass is 282 g/mol. The van der Waals surface area contributed by atoms with Crippen LogP contribution < -0.4 is 5.32 Å². The number of nitrogens with one attached hydrogen (secondary N) is 1. The van der Waals surface area contributed by atoms with Crippen LogP contribution in [-0.4, -0.2) is 23.7 Å². The van der Waals surface area contributed by atoms with Gasteiger partial charge in [0.2, 0.25) is 0 Å². The number of nitrogens with zero attached hydrogens (tertiary/aromatic N) is 1. The Kier molecular flexibility index (Phi) is 5.79. The highest BCUT2D eigenvalue weighted by atomic mass is 32.1. The van der Waals surface area contributed by atoms with Gasteiger partial charge in [-0.2, -0.15) is 0 Å². The Balaban J connectivity index is 1.85. The summed E-state index contributed by atoms with van der Waals surface area (Å²) in [6.07, 6.45) is 8.21. The number of aromatic nitrogens is 1. The van der Waals surface area contributed by atoms with Crippen molar-refractivity contribution in [1.82, 2.24) is 10.3 Å². The highest BCUT2D eigenvalue weighted by Gasteiger charge is 2.24. The molecular formula is C15H26N2OS. The lowest BCUT2D eigenvalue weighted by atomic mass is 9.99. The van der Waals surface area contributed by atoms with E-state index in [1.807, 2.05) is 17.5 Å². The minimum absolute atomic E-state index is 0.357. The number of aryl methyl sites for hydroxylation is 1. The molecule has 108 valence electrons. The largest absolute Gasteiger partial charge is 0.378 e. The summed E-state index contributed by atoms with van der Waals surface area (Å²) in [6, 6.07) is 0.935. The molecule has 1 aliphatic rings. The first-order valence-corrected chi connectivity index (χ1v) is 8.36. The van der Waals surface area contributed by atoms with Gasteiger partial charge in [-0.05, 0) is 32.6 Å². The molecule has 0 spiro atoms. The molecule has 19 heavy (non-hydrogen) atoms. The zero-order valence-electron chi connectivity index (χ0n) is 12.3. The lowest BCUT2D eigenvalue weighted by molar-refractivity contribution is -0.00472. The third-order valence-corrected chi connectivity index (χ3v) is 5.08. The topological polar surface area (TPSA) is 34.2 Å². The number of ether oxygens (including phenoxy) is 1. The Morgan fingerprint density at radius 2 is 2.37 bits per heavy atom. The molecule has 0 bridgehead atoms. The molecule has 0 aliphatic carbocycles. The summed E-state index contributed by atoms with van der Waals surface area (Å²) in [5.41, 5.74) is 0. The van der Waals surface area contributed by atoms with Gasteiger partial charge in [0.05, 0.1) is 12.1 Å². The molecule has 3 unspecified atom stereocenters. The van der Waals surface area contributed by atoms with Crippen LogP contribution in [0.2, 0.25) is 0 Å². The maximum Gasteiger partial charge on any atom is 0.109 e. The molecule has 1 N–H and O–H groups in total. The summed E-state index contributed by atoms with van der Waals surface area (Å²) >= 11 is 1.84. The molecule has 3 atom stereocenters. The van der Waals surface area contributed by atoms with Gasteiger partial charge in [0.1, 0.15) is 5.01 Å². The van der Waals surface area contributed by atoms with E-state index in [1.165, 1.54) is 22.7 Å². The molecule has 2 rings (SSSR count). The second kappa shape index (κ2) is 7.36. The highest BCUT2D eigenvalue weighted by Crippen LogP contribution is 2.24. The summed E-state index contributed by atoms with van der Waals surface area (Å²) in [5, 5.41) is 4.95. The van der Waals surface area contributed by atoms with Crippen LogP contribution in [0.25, 0.3) is 0 Å². The van der Waals surface area contributed by atoms with E-state index in [-0.39, 0.29) is 0 Å². The molecule has 1 aromatic heterocycles. The van der Waals surface area contributed by atoms with Gasteiger partial charge in [0, 0.05) is 23.7 Å². The van der Waals surface area contributed by atoms with E-state index >= 15 is 0 Å². The Morgan fingerprint density at radius 3 is 3.05 bits per heavy atom. The maximum atomic E-state index is 5.80. The van der Waals surface area contributed by atoms with Crippen molar-refractivity contribution >= 4 is 11.3 Å². The van der Waals surface area contributed by atoms with E-state index in [2.05, 4.69) is 31.1 Å². The smallest absolute Gasteiger partial charge is 0.109 e. The van der Waals surface area contributed by atoms with E-state index in [0.29, 0.717) is 18.2 Å². The Bertz CT molecular complexity index is 378. The summed E-state index contributed by atoms with van der Waals surface area (Å²) in [6.45, 7) is 7.53. The number of thiazole rings is 1. The molecule has 1 fully saturated rings. The van der Waals surface area contributed by atoms with Gasteiger partial charge in [-0.3, -0.25) is 0 Å². The van der Waals surface area contributed by atoms with Crippen LogP contribution in [0.15, 0.2) is 6.20 Å². The standard InChI is InChI=1S/C15H26N2OS/c1-4-6-13-9-12(7-8-18-13)17-11(3)15-16-10-14(5-2)19-15/h10-13,17H,4-9H2,1-3H3. The number of hydrogen-bond donors (Lipinski definition) is 1. The number of hydrogen-bond acceptors (Lipinski definition) is 4. The average Bonchev–Trinajstić information content (AvgIpc) is 2.88. The molecule has 0 aromatic carbocycles. The van der Waals surface area contributed by atoms with Crippen LogP contribution in [-0.2, 0) is 11.2 Å². The van der Waals surface area contributed by atoms with E-state index < -0.39 is 0 Å². The Labute approximate surface area is 120 Å². The van der Waals surface area contributed by atoms with Crippen LogP contribution >= 0.6 is 11.3 Å². The lowest BCUT2D eigenvalue weighted by Crippen LogP contribution is -2.40. The van der Waals surface area contributed by atoms with Crippen molar-refractivity contribution in [3.63, 3.8) is 0 Å². The van der Waals surface area contributed by atoms with Crippen molar-refractivity contribution in [2.45, 2.75) is 71.1 Å². The van der Waals surface area contributed by atoms with E-state index in [4.69, 9.17) is 4.74 Å². The van der Waals surface area contributed by atoms with Crippen molar-refractivity contribution in [3.05, 3.63) is 16.1 Å². The van der Waals surface area contributed by atoms with Crippen LogP contribution in [0.1, 0.15) is 62.4 Å². The summed E-state index contributed by atoms with van der Waals surface area (Å²) < 4.78 is 5.80. The molecule has 0 radical (unpaired) electrons. The highest BCUT2D eigenvalue weighted by molar-refractivity contribution is 7.11. The van der Waals surface area contributed by atoms with Crippen LogP contribution in [0.3, 0.4) is 0 Å². The lowest BCUT2D eigenvalue weighted by Gasteiger charge is -2.31. The average molecular weight is 282 g/mol. The molecular weight excluding hydrogens is 256 g/mol. The fourth-order valence-electron chi connectivity index (χ4n) is 2.67. The normalized spacial score (nSPS) is 25.4. The first-order valence-electron chi connectivity index (χ1n) is 7.55. The zero-order valence-corrected chi connectivity index (χ0v) is 13.1. The van der Waals surface area contributed by atoms with Gasteiger partial charge in [-0.15, -0.1) is 11.3 Å². The van der Waals surface area contributed by atoms with Crippen molar-refractivity contribution in [3.8, 4) is 0 Å². The predicted octanol–water partition coefficient (Wildman–Crippen LogP) is 3.70. The minimum Gasteiger partial charge on any atom is -0.378 e. The van der Waals surface area contributed by atoms with Crippen LogP contribution in [0.4, 0.5) is 0 Å². The third kappa shape index (κ3) is 4.26. The fourth-order valence-corrected chi connectivity index (χ4v) is 3.53. The van der Waals surface area contributed by atoms with E-state index in [1.54, 1.807) is 0 Å². The molecule has 1 saturated heterocycles. The predicted molar refractivity (Wildman–Crippen MR) is 80.7 cm³/mol. The Morgan fingerprint density at radius 1 is 1.53 bits per heavy atom. The maximum absolute atomic E-state index is 5.80. The van der Waals surface area contributed by atoms with Gasteiger partial charge in [0.15, 0.2) is 0 Å². The van der Waals surface area contributed by atoms with Gasteiger partial charge < -0.3 is 10.1 Å². The Hall–Kier alpha value is -0.450. The van der Waals surface area contributed by atoms with Crippen molar-refractivity contribution < 1.29 is 4.74 Å². The zero-order chi connectivity index (χ0) is 13.7. The van der Waals surface area contributed by atoms with Crippen molar-refractivity contribution in [1.29, 1.82) is 0 Å². The van der Waals surface area contributed by atoms with Crippen LogP contribution in [0.5, 0.6) is 0 Å². The molecule has 0 saturated carbocycles. The second-order valence-corrected chi connectivity index (χ2v) is 6.56. The summed E-state index contributed by atoms with van der Waals surface area (Å²) in [5.74, 6) is 0.